The van der Waals surface area contributed by atoms with E-state index in [0.29, 0.717) is 42.0 Å². The molecule has 0 amide bonds. The van der Waals surface area contributed by atoms with Crippen molar-refractivity contribution < 1.29 is 0 Å². The normalized spacial score (nSPS) is 33.6. The van der Waals surface area contributed by atoms with Crippen molar-refractivity contribution >= 4 is 11.6 Å². The van der Waals surface area contributed by atoms with Crippen molar-refractivity contribution in [3.63, 3.8) is 0 Å². The number of nitrogens with zero attached hydrogens (tertiary/aromatic N) is 2. The predicted octanol–water partition coefficient (Wildman–Crippen LogP) is 9.71. The Balaban J connectivity index is 1.14. The molecule has 2 heterocycles. The second-order valence-electron chi connectivity index (χ2n) is 14.6. The highest BCUT2D eigenvalue weighted by Crippen LogP contribution is 2.53. The summed E-state index contributed by atoms with van der Waals surface area (Å²) in [6.07, 6.45) is 42.8. The molecule has 1 aromatic heterocycles. The standard InChI is InChI=1S/C43H47N3/c1-45-42(30-14-3-2-4-15-30)46(43(45)38-22-11-17-29-13-5-7-18-33(29)38)32-24-25-37(41-23-12-26-44-41)40(28-32)39-27-31-16-6-8-19-34(31)35-20-9-10-21-36(35)39/h2-3,6-8,10-12,16-19,21-23,25-27,30-32,34,40,42-44H,4-5,9,13-15,20,24,28H2,1H3. The van der Waals surface area contributed by atoms with E-state index in [9.17, 15) is 0 Å². The van der Waals surface area contributed by atoms with Crippen LogP contribution in [0.5, 0.6) is 0 Å². The molecule has 1 saturated heterocycles. The third kappa shape index (κ3) is 4.69. The van der Waals surface area contributed by atoms with Gasteiger partial charge < -0.3 is 4.98 Å². The molecule has 0 radical (unpaired) electrons. The topological polar surface area (TPSA) is 22.3 Å². The maximum absolute atomic E-state index is 3.62. The lowest BCUT2D eigenvalue weighted by Crippen LogP contribution is -2.70. The molecule has 9 rings (SSSR count). The fourth-order valence-electron chi connectivity index (χ4n) is 10.1. The Labute approximate surface area is 275 Å². The van der Waals surface area contributed by atoms with Gasteiger partial charge in [-0.25, -0.2) is 0 Å². The lowest BCUT2D eigenvalue weighted by atomic mass is 9.66. The first-order valence-corrected chi connectivity index (χ1v) is 18.0. The summed E-state index contributed by atoms with van der Waals surface area (Å²) in [5, 5.41) is 0. The molecule has 1 aromatic carbocycles. The molecule has 0 bridgehead atoms. The molecule has 2 aromatic rings. The zero-order valence-electron chi connectivity index (χ0n) is 27.2. The van der Waals surface area contributed by atoms with Crippen LogP contribution in [0.25, 0.3) is 11.6 Å². The molecule has 7 aliphatic rings. The number of H-pyrrole nitrogens is 1. The van der Waals surface area contributed by atoms with Gasteiger partial charge in [-0.2, -0.15) is 0 Å². The maximum Gasteiger partial charge on any atom is 0.0917 e. The summed E-state index contributed by atoms with van der Waals surface area (Å²) in [4.78, 5) is 9.34. The number of hydrogen-bond acceptors (Lipinski definition) is 2. The Kier molecular flexibility index (Phi) is 7.36. The second kappa shape index (κ2) is 11.9. The predicted molar refractivity (Wildman–Crippen MR) is 190 cm³/mol. The molecule has 3 nitrogen and oxygen atoms in total. The molecular weight excluding hydrogens is 558 g/mol. The van der Waals surface area contributed by atoms with Crippen molar-refractivity contribution in [3.8, 4) is 0 Å². The van der Waals surface area contributed by atoms with Gasteiger partial charge in [0.2, 0.25) is 0 Å². The minimum absolute atomic E-state index is 0.320. The highest BCUT2D eigenvalue weighted by molar-refractivity contribution is 5.72. The Morgan fingerprint density at radius 1 is 0.848 bits per heavy atom. The van der Waals surface area contributed by atoms with Gasteiger partial charge in [-0.05, 0) is 116 Å². The molecule has 7 unspecified atom stereocenters. The van der Waals surface area contributed by atoms with E-state index < -0.39 is 0 Å². The summed E-state index contributed by atoms with van der Waals surface area (Å²) in [5.41, 5.74) is 12.1. The summed E-state index contributed by atoms with van der Waals surface area (Å²) in [7, 11) is 2.41. The smallest absolute Gasteiger partial charge is 0.0917 e. The summed E-state index contributed by atoms with van der Waals surface area (Å²) < 4.78 is 0. The summed E-state index contributed by atoms with van der Waals surface area (Å²) in [6.45, 7) is 0. The van der Waals surface area contributed by atoms with E-state index in [4.69, 9.17) is 0 Å². The van der Waals surface area contributed by atoms with Gasteiger partial charge in [-0.15, -0.1) is 0 Å². The molecule has 234 valence electrons. The van der Waals surface area contributed by atoms with Gasteiger partial charge in [0.1, 0.15) is 0 Å². The van der Waals surface area contributed by atoms with E-state index in [1.165, 1.54) is 59.2 Å². The van der Waals surface area contributed by atoms with Crippen molar-refractivity contribution in [2.75, 3.05) is 7.05 Å². The number of nitrogens with one attached hydrogen (secondary N) is 1. The average molecular weight is 606 g/mol. The van der Waals surface area contributed by atoms with Crippen molar-refractivity contribution in [2.45, 2.75) is 76.2 Å². The van der Waals surface area contributed by atoms with Crippen LogP contribution in [0, 0.1) is 23.7 Å². The molecule has 46 heavy (non-hydrogen) atoms. The molecule has 3 heteroatoms. The number of aromatic amines is 1. The van der Waals surface area contributed by atoms with Crippen molar-refractivity contribution in [2.24, 2.45) is 23.7 Å². The lowest BCUT2D eigenvalue weighted by molar-refractivity contribution is -0.212. The first kappa shape index (κ1) is 28.6. The second-order valence-corrected chi connectivity index (χ2v) is 14.6. The molecule has 1 aliphatic heterocycles. The quantitative estimate of drug-likeness (QED) is 0.343. The minimum atomic E-state index is 0.320. The van der Waals surface area contributed by atoms with Crippen molar-refractivity contribution in [1.29, 1.82) is 0 Å². The van der Waals surface area contributed by atoms with E-state index in [1.54, 1.807) is 11.1 Å². The molecule has 6 aliphatic carbocycles. The first-order valence-electron chi connectivity index (χ1n) is 18.0. The van der Waals surface area contributed by atoms with Gasteiger partial charge in [0, 0.05) is 35.7 Å². The van der Waals surface area contributed by atoms with Crippen LogP contribution in [-0.2, 0) is 6.42 Å². The Morgan fingerprint density at radius 2 is 1.76 bits per heavy atom. The molecule has 1 fully saturated rings. The van der Waals surface area contributed by atoms with Crippen LogP contribution in [0.15, 0.2) is 120 Å². The molecule has 1 N–H and O–H groups in total. The molecule has 7 atom stereocenters. The highest BCUT2D eigenvalue weighted by Gasteiger charge is 2.52. The van der Waals surface area contributed by atoms with Crippen LogP contribution in [0.1, 0.15) is 79.9 Å². The van der Waals surface area contributed by atoms with Crippen LogP contribution < -0.4 is 0 Å². The molecular formula is C43H47N3. The zero-order valence-corrected chi connectivity index (χ0v) is 27.2. The van der Waals surface area contributed by atoms with Crippen LogP contribution >= 0.6 is 0 Å². The molecule has 0 spiro atoms. The SMILES string of the molecule is CN1C(c2cccc3c2C=CCC3)N(C2CC=C(c3ccc[nH]3)C(C3=CC4C=CC=CC4C4=C3C=CCC4)C2)C1C1CC=CCC1. The number of allylic oxidation sites excluding steroid dienone is 14. The maximum atomic E-state index is 3.62. The van der Waals surface area contributed by atoms with E-state index in [-0.39, 0.29) is 0 Å². The van der Waals surface area contributed by atoms with Gasteiger partial charge in [-0.1, -0.05) is 96.7 Å². The number of hydrogen-bond donors (Lipinski definition) is 1. The highest BCUT2D eigenvalue weighted by atomic mass is 15.6. The van der Waals surface area contributed by atoms with Gasteiger partial charge in [0.15, 0.2) is 0 Å². The van der Waals surface area contributed by atoms with Crippen molar-refractivity contribution in [3.05, 3.63) is 142 Å². The van der Waals surface area contributed by atoms with E-state index in [2.05, 4.69) is 131 Å². The number of fused-ring (bicyclic) bond motifs is 3. The minimum Gasteiger partial charge on any atom is -0.361 e. The largest absolute Gasteiger partial charge is 0.361 e. The van der Waals surface area contributed by atoms with E-state index >= 15 is 0 Å². The average Bonchev–Trinajstić information content (AvgIpc) is 3.66. The Bertz CT molecular complexity index is 1740. The van der Waals surface area contributed by atoms with E-state index in [0.717, 1.165) is 32.1 Å². The van der Waals surface area contributed by atoms with Crippen LogP contribution in [-0.4, -0.2) is 34.0 Å². The number of aryl methyl sites for hydroxylation is 1. The molecule has 0 saturated carbocycles. The first-order chi connectivity index (χ1) is 22.8. The lowest BCUT2D eigenvalue weighted by Gasteiger charge is -2.63. The summed E-state index contributed by atoms with van der Waals surface area (Å²) >= 11 is 0. The number of rotatable bonds is 5. The van der Waals surface area contributed by atoms with Crippen molar-refractivity contribution in [1.82, 2.24) is 14.8 Å². The third-order valence-corrected chi connectivity index (χ3v) is 12.2. The number of benzene rings is 1. The monoisotopic (exact) mass is 605 g/mol. The van der Waals surface area contributed by atoms with Gasteiger partial charge in [-0.3, -0.25) is 9.80 Å². The zero-order chi connectivity index (χ0) is 30.6. The Hall–Kier alpha value is -3.66. The van der Waals surface area contributed by atoms with Gasteiger partial charge in [0.05, 0.1) is 12.3 Å². The van der Waals surface area contributed by atoms with Crippen LogP contribution in [0.2, 0.25) is 0 Å². The third-order valence-electron chi connectivity index (χ3n) is 12.2. The van der Waals surface area contributed by atoms with Gasteiger partial charge >= 0.3 is 0 Å². The van der Waals surface area contributed by atoms with E-state index in [1.807, 2.05) is 0 Å². The van der Waals surface area contributed by atoms with Crippen LogP contribution in [0.3, 0.4) is 0 Å². The van der Waals surface area contributed by atoms with Crippen LogP contribution in [0.4, 0.5) is 0 Å². The summed E-state index contributed by atoms with van der Waals surface area (Å²) in [5.74, 6) is 2.02. The Morgan fingerprint density at radius 3 is 2.65 bits per heavy atom. The number of aromatic nitrogens is 1. The summed E-state index contributed by atoms with van der Waals surface area (Å²) in [6, 6.07) is 12.1. The fraction of sp³-hybridized carbons (Fsp3) is 0.395. The van der Waals surface area contributed by atoms with Gasteiger partial charge in [0.25, 0.3) is 0 Å². The fourth-order valence-corrected chi connectivity index (χ4v) is 10.1.